The quantitative estimate of drug-likeness (QED) is 0.753. The third-order valence-electron chi connectivity index (χ3n) is 2.73. The molecule has 0 N–H and O–H groups in total. The number of fused-ring (bicyclic) bond motifs is 3. The average molecular weight is 248 g/mol. The molecule has 0 spiro atoms. The second-order valence-electron chi connectivity index (χ2n) is 3.65. The van der Waals surface area contributed by atoms with Gasteiger partial charge in [-0.3, -0.25) is 0 Å². The Kier molecular flexibility index (Phi) is 2.74. The predicted octanol–water partition coefficient (Wildman–Crippen LogP) is 4.05. The van der Waals surface area contributed by atoms with Crippen LogP contribution in [-0.4, -0.2) is 18.6 Å². The molecule has 0 saturated heterocycles. The molecule has 0 aliphatic carbocycles. The summed E-state index contributed by atoms with van der Waals surface area (Å²) in [6.07, 6.45) is 0. The molecule has 82 valence electrons. The van der Waals surface area contributed by atoms with E-state index in [-0.39, 0.29) is 0 Å². The Morgan fingerprint density at radius 2 is 1.81 bits per heavy atom. The van der Waals surface area contributed by atoms with Crippen molar-refractivity contribution < 1.29 is 4.74 Å². The zero-order valence-corrected chi connectivity index (χ0v) is 10.7. The highest BCUT2D eigenvalue weighted by molar-refractivity contribution is 8.05. The molecule has 1 nitrogen and oxygen atoms in total. The standard InChI is InChI=1S/C13H12OS2/c1-14-11-8-12-13(16-7-6-15-12)10-5-3-2-4-9(10)11/h2-5,8H,6-7H2,1H3. The predicted molar refractivity (Wildman–Crippen MR) is 71.9 cm³/mol. The normalized spacial score (nSPS) is 14.8. The first-order valence-electron chi connectivity index (χ1n) is 5.25. The summed E-state index contributed by atoms with van der Waals surface area (Å²) in [5.74, 6) is 3.39. The van der Waals surface area contributed by atoms with Crippen molar-refractivity contribution in [2.45, 2.75) is 9.79 Å². The monoisotopic (exact) mass is 248 g/mol. The third kappa shape index (κ3) is 1.59. The fraction of sp³-hybridized carbons (Fsp3) is 0.231. The molecule has 0 atom stereocenters. The van der Waals surface area contributed by atoms with Crippen LogP contribution in [0.3, 0.4) is 0 Å². The highest BCUT2D eigenvalue weighted by atomic mass is 32.2. The summed E-state index contributed by atoms with van der Waals surface area (Å²) in [7, 11) is 1.74. The topological polar surface area (TPSA) is 9.23 Å². The van der Waals surface area contributed by atoms with Crippen LogP contribution < -0.4 is 4.74 Å². The maximum atomic E-state index is 5.47. The van der Waals surface area contributed by atoms with Crippen LogP contribution in [0.15, 0.2) is 40.1 Å². The molecule has 0 unspecified atom stereocenters. The van der Waals surface area contributed by atoms with E-state index in [0.29, 0.717) is 0 Å². The Labute approximate surface area is 104 Å². The van der Waals surface area contributed by atoms with Crippen molar-refractivity contribution in [2.75, 3.05) is 18.6 Å². The van der Waals surface area contributed by atoms with Crippen molar-refractivity contribution in [3.05, 3.63) is 30.3 Å². The van der Waals surface area contributed by atoms with Crippen LogP contribution in [0.2, 0.25) is 0 Å². The first-order valence-corrected chi connectivity index (χ1v) is 7.22. The van der Waals surface area contributed by atoms with Gasteiger partial charge in [-0.15, -0.1) is 23.5 Å². The maximum Gasteiger partial charge on any atom is 0.127 e. The van der Waals surface area contributed by atoms with E-state index < -0.39 is 0 Å². The molecule has 0 radical (unpaired) electrons. The number of hydrogen-bond donors (Lipinski definition) is 0. The van der Waals surface area contributed by atoms with Gasteiger partial charge in [0, 0.05) is 32.1 Å². The molecule has 0 bridgehead atoms. The van der Waals surface area contributed by atoms with Gasteiger partial charge in [0.1, 0.15) is 5.75 Å². The van der Waals surface area contributed by atoms with Crippen LogP contribution >= 0.6 is 23.5 Å². The smallest absolute Gasteiger partial charge is 0.127 e. The van der Waals surface area contributed by atoms with E-state index in [4.69, 9.17) is 4.74 Å². The van der Waals surface area contributed by atoms with Gasteiger partial charge < -0.3 is 4.74 Å². The van der Waals surface area contributed by atoms with Crippen LogP contribution in [0.1, 0.15) is 0 Å². The van der Waals surface area contributed by atoms with Gasteiger partial charge in [0.15, 0.2) is 0 Å². The summed E-state index contributed by atoms with van der Waals surface area (Å²) in [4.78, 5) is 2.79. The van der Waals surface area contributed by atoms with Gasteiger partial charge in [-0.25, -0.2) is 0 Å². The molecule has 3 rings (SSSR count). The Morgan fingerprint density at radius 3 is 2.62 bits per heavy atom. The summed E-state index contributed by atoms with van der Waals surface area (Å²) >= 11 is 3.89. The lowest BCUT2D eigenvalue weighted by molar-refractivity contribution is 0.418. The van der Waals surface area contributed by atoms with Crippen molar-refractivity contribution in [3.63, 3.8) is 0 Å². The van der Waals surface area contributed by atoms with Gasteiger partial charge in [0.25, 0.3) is 0 Å². The van der Waals surface area contributed by atoms with E-state index >= 15 is 0 Å². The molecular weight excluding hydrogens is 236 g/mol. The van der Waals surface area contributed by atoms with Gasteiger partial charge in [0.2, 0.25) is 0 Å². The van der Waals surface area contributed by atoms with Crippen molar-refractivity contribution in [2.24, 2.45) is 0 Å². The van der Waals surface area contributed by atoms with Crippen molar-refractivity contribution >= 4 is 34.3 Å². The molecule has 0 saturated carbocycles. The molecule has 0 aromatic heterocycles. The lowest BCUT2D eigenvalue weighted by atomic mass is 10.1. The lowest BCUT2D eigenvalue weighted by Gasteiger charge is -2.18. The van der Waals surface area contributed by atoms with Crippen LogP contribution in [-0.2, 0) is 0 Å². The van der Waals surface area contributed by atoms with Crippen LogP contribution in [0.25, 0.3) is 10.8 Å². The van der Waals surface area contributed by atoms with Crippen LogP contribution in [0.4, 0.5) is 0 Å². The Balaban J connectivity index is 2.36. The van der Waals surface area contributed by atoms with E-state index in [1.165, 1.54) is 32.1 Å². The first-order chi connectivity index (χ1) is 7.90. The Hall–Kier alpha value is -0.800. The van der Waals surface area contributed by atoms with E-state index in [0.717, 1.165) is 5.75 Å². The zero-order valence-electron chi connectivity index (χ0n) is 9.03. The molecule has 3 heteroatoms. The molecule has 1 heterocycles. The summed E-state index contributed by atoms with van der Waals surface area (Å²) in [5.41, 5.74) is 0. The lowest BCUT2D eigenvalue weighted by Crippen LogP contribution is -1.96. The van der Waals surface area contributed by atoms with Gasteiger partial charge in [0.05, 0.1) is 7.11 Å². The van der Waals surface area contributed by atoms with Crippen LogP contribution in [0.5, 0.6) is 5.75 Å². The maximum absolute atomic E-state index is 5.47. The van der Waals surface area contributed by atoms with Gasteiger partial charge >= 0.3 is 0 Å². The minimum absolute atomic E-state index is 0.990. The average Bonchev–Trinajstić information content (AvgIpc) is 2.38. The number of thioether (sulfide) groups is 2. The number of hydrogen-bond acceptors (Lipinski definition) is 3. The van der Waals surface area contributed by atoms with Crippen molar-refractivity contribution in [1.29, 1.82) is 0 Å². The summed E-state index contributed by atoms with van der Waals surface area (Å²) in [5, 5.41) is 2.55. The number of benzene rings is 2. The fourth-order valence-corrected chi connectivity index (χ4v) is 4.42. The van der Waals surface area contributed by atoms with E-state index in [1.807, 2.05) is 23.5 Å². The van der Waals surface area contributed by atoms with Gasteiger partial charge in [-0.05, 0) is 6.07 Å². The van der Waals surface area contributed by atoms with E-state index in [1.54, 1.807) is 7.11 Å². The summed E-state index contributed by atoms with van der Waals surface area (Å²) < 4.78 is 5.47. The van der Waals surface area contributed by atoms with Crippen LogP contribution in [0, 0.1) is 0 Å². The third-order valence-corrected chi connectivity index (χ3v) is 5.30. The number of rotatable bonds is 1. The highest BCUT2D eigenvalue weighted by Gasteiger charge is 2.16. The summed E-state index contributed by atoms with van der Waals surface area (Å²) in [6, 6.07) is 10.7. The molecule has 1 aliphatic rings. The molecule has 2 aromatic carbocycles. The molecular formula is C13H12OS2. The fourth-order valence-electron chi connectivity index (χ4n) is 2.01. The van der Waals surface area contributed by atoms with Crippen molar-refractivity contribution in [3.8, 4) is 5.75 Å². The van der Waals surface area contributed by atoms with E-state index in [2.05, 4.69) is 30.3 Å². The van der Waals surface area contributed by atoms with E-state index in [9.17, 15) is 0 Å². The minimum Gasteiger partial charge on any atom is -0.496 e. The second kappa shape index (κ2) is 4.22. The Morgan fingerprint density at radius 1 is 1.06 bits per heavy atom. The molecule has 1 aliphatic heterocycles. The van der Waals surface area contributed by atoms with Gasteiger partial charge in [-0.1, -0.05) is 24.3 Å². The first kappa shape index (κ1) is 10.4. The number of ether oxygens (including phenoxy) is 1. The number of methoxy groups -OCH3 is 1. The SMILES string of the molecule is COc1cc2c(c3ccccc13)SCCS2. The molecule has 16 heavy (non-hydrogen) atoms. The van der Waals surface area contributed by atoms with Gasteiger partial charge in [-0.2, -0.15) is 0 Å². The summed E-state index contributed by atoms with van der Waals surface area (Å²) in [6.45, 7) is 0. The zero-order chi connectivity index (χ0) is 11.0. The second-order valence-corrected chi connectivity index (χ2v) is 5.89. The highest BCUT2D eigenvalue weighted by Crippen LogP contribution is 2.44. The van der Waals surface area contributed by atoms with Crippen molar-refractivity contribution in [1.82, 2.24) is 0 Å². The molecule has 0 amide bonds. The largest absolute Gasteiger partial charge is 0.496 e. The molecule has 0 fully saturated rings. The Bertz CT molecular complexity index is 537. The minimum atomic E-state index is 0.990. The molecule has 2 aromatic rings.